The minimum absolute atomic E-state index is 0.274. The average molecular weight is 449 g/mol. The van der Waals surface area contributed by atoms with Crippen LogP contribution in [0.5, 0.6) is 5.75 Å². The molecule has 0 aliphatic carbocycles. The van der Waals surface area contributed by atoms with E-state index in [1.54, 1.807) is 57.4 Å². The highest BCUT2D eigenvalue weighted by Crippen LogP contribution is 2.26. The molecule has 0 saturated heterocycles. The summed E-state index contributed by atoms with van der Waals surface area (Å²) in [5.41, 5.74) is 5.34. The number of aromatic nitrogens is 1. The molecule has 0 fully saturated rings. The fourth-order valence-corrected chi connectivity index (χ4v) is 3.31. The zero-order valence-corrected chi connectivity index (χ0v) is 18.5. The number of hydrazone groups is 1. The Bertz CT molecular complexity index is 1180. The van der Waals surface area contributed by atoms with Crippen LogP contribution in [0.2, 0.25) is 0 Å². The fourth-order valence-electron chi connectivity index (χ4n) is 2.52. The predicted octanol–water partition coefficient (Wildman–Crippen LogP) is 5.07. The first-order valence-corrected chi connectivity index (χ1v) is 10.4. The molecule has 0 atom stereocenters. The lowest BCUT2D eigenvalue weighted by Crippen LogP contribution is -2.03. The van der Waals surface area contributed by atoms with Gasteiger partial charge >= 0.3 is 5.97 Å². The van der Waals surface area contributed by atoms with Crippen LogP contribution in [0.25, 0.3) is 0 Å². The molecule has 1 N–H and O–H groups in total. The second-order valence-electron chi connectivity index (χ2n) is 6.30. The van der Waals surface area contributed by atoms with E-state index in [1.165, 1.54) is 0 Å². The lowest BCUT2D eigenvalue weighted by molar-refractivity contribution is 0.0531. The summed E-state index contributed by atoms with van der Waals surface area (Å²) in [5, 5.41) is 22.1. The van der Waals surface area contributed by atoms with E-state index in [1.807, 2.05) is 12.1 Å². The van der Waals surface area contributed by atoms with Crippen molar-refractivity contribution in [3.63, 3.8) is 0 Å². The third kappa shape index (κ3) is 5.74. The number of rotatable bonds is 7. The molecule has 0 amide bonds. The maximum atomic E-state index is 12.0. The maximum absolute atomic E-state index is 12.0. The molecule has 10 heteroatoms. The molecule has 162 valence electrons. The van der Waals surface area contributed by atoms with Crippen molar-refractivity contribution in [2.24, 2.45) is 15.3 Å². The largest absolute Gasteiger partial charge is 0.497 e. The van der Waals surface area contributed by atoms with Crippen LogP contribution in [0.4, 0.5) is 10.8 Å². The minimum Gasteiger partial charge on any atom is -0.497 e. The summed E-state index contributed by atoms with van der Waals surface area (Å²) in [6.07, 6.45) is 0. The number of anilines is 1. The number of nitriles is 1. The molecule has 1 heterocycles. The van der Waals surface area contributed by atoms with E-state index in [4.69, 9.17) is 14.7 Å². The molecule has 3 rings (SSSR count). The van der Waals surface area contributed by atoms with Crippen LogP contribution in [0.15, 0.2) is 63.9 Å². The van der Waals surface area contributed by atoms with Gasteiger partial charge in [0.25, 0.3) is 0 Å². The summed E-state index contributed by atoms with van der Waals surface area (Å²) in [4.78, 5) is 16.7. The molecule has 1 aromatic heterocycles. The van der Waals surface area contributed by atoms with Gasteiger partial charge < -0.3 is 9.47 Å². The van der Waals surface area contributed by atoms with Crippen molar-refractivity contribution in [1.82, 2.24) is 4.98 Å². The van der Waals surface area contributed by atoms with Gasteiger partial charge in [-0.3, -0.25) is 5.43 Å². The number of nitrogens with zero attached hydrogens (tertiary/aromatic N) is 5. The molecule has 0 saturated carbocycles. The third-order valence-electron chi connectivity index (χ3n) is 4.13. The smallest absolute Gasteiger partial charge is 0.350 e. The Hall–Kier alpha value is -4.10. The second-order valence-corrected chi connectivity index (χ2v) is 7.27. The first kappa shape index (κ1) is 22.6. The zero-order valence-electron chi connectivity index (χ0n) is 17.7. The zero-order chi connectivity index (χ0) is 22.9. The van der Waals surface area contributed by atoms with Crippen molar-refractivity contribution >= 4 is 34.0 Å². The van der Waals surface area contributed by atoms with Gasteiger partial charge in [-0.15, -0.1) is 10.2 Å². The molecule has 0 aliphatic heterocycles. The summed E-state index contributed by atoms with van der Waals surface area (Å²) < 4.78 is 10.2. The van der Waals surface area contributed by atoms with Gasteiger partial charge in [-0.05, 0) is 62.4 Å². The molecule has 32 heavy (non-hydrogen) atoms. The van der Waals surface area contributed by atoms with E-state index >= 15 is 0 Å². The maximum Gasteiger partial charge on any atom is 0.350 e. The van der Waals surface area contributed by atoms with Crippen LogP contribution in [0, 0.1) is 18.3 Å². The quantitative estimate of drug-likeness (QED) is 0.177. The van der Waals surface area contributed by atoms with Crippen molar-refractivity contribution in [3.8, 4) is 11.8 Å². The number of benzene rings is 2. The summed E-state index contributed by atoms with van der Waals surface area (Å²) in [6.45, 7) is 3.73. The van der Waals surface area contributed by atoms with Crippen LogP contribution in [-0.4, -0.2) is 30.5 Å². The fraction of sp³-hybridized carbons (Fsp3) is 0.182. The lowest BCUT2D eigenvalue weighted by atomic mass is 10.1. The Balaban J connectivity index is 1.88. The SMILES string of the molecule is CCOC(=O)c1sc(N=NC(=NNc2ccc(OC)cc2)c2ccc(C#N)cc2)nc1C. The Morgan fingerprint density at radius 1 is 1.19 bits per heavy atom. The molecule has 0 bridgehead atoms. The van der Waals surface area contributed by atoms with Gasteiger partial charge in [0.2, 0.25) is 11.0 Å². The molecule has 2 aromatic carbocycles. The minimum atomic E-state index is -0.439. The van der Waals surface area contributed by atoms with Gasteiger partial charge in [0.1, 0.15) is 10.6 Å². The molecule has 0 radical (unpaired) electrons. The molecule has 0 spiro atoms. The number of ether oxygens (including phenoxy) is 2. The predicted molar refractivity (Wildman–Crippen MR) is 122 cm³/mol. The van der Waals surface area contributed by atoms with Gasteiger partial charge in [-0.25, -0.2) is 9.78 Å². The van der Waals surface area contributed by atoms with E-state index in [0.29, 0.717) is 26.8 Å². The number of esters is 1. The number of carbonyl (C=O) groups is 1. The van der Waals surface area contributed by atoms with Crippen molar-refractivity contribution in [2.45, 2.75) is 13.8 Å². The van der Waals surface area contributed by atoms with Gasteiger partial charge in [-0.1, -0.05) is 11.3 Å². The average Bonchev–Trinajstić information content (AvgIpc) is 3.20. The Morgan fingerprint density at radius 3 is 2.53 bits per heavy atom. The van der Waals surface area contributed by atoms with E-state index in [9.17, 15) is 4.79 Å². The summed E-state index contributed by atoms with van der Waals surface area (Å²) in [5.74, 6) is 0.560. The summed E-state index contributed by atoms with van der Waals surface area (Å²) in [6, 6.07) is 16.1. The first-order valence-electron chi connectivity index (χ1n) is 9.58. The Morgan fingerprint density at radius 2 is 1.91 bits per heavy atom. The monoisotopic (exact) mass is 448 g/mol. The molecule has 9 nitrogen and oxygen atoms in total. The normalized spacial score (nSPS) is 11.2. The van der Waals surface area contributed by atoms with Crippen LogP contribution < -0.4 is 10.2 Å². The van der Waals surface area contributed by atoms with E-state index in [-0.39, 0.29) is 12.4 Å². The molecule has 3 aromatic rings. The molecule has 0 aliphatic rings. The standard InChI is InChI=1S/C22H20N6O3S/c1-4-31-21(29)19-14(2)24-22(32-19)28-27-20(16-7-5-15(13-23)6-8-16)26-25-17-9-11-18(30-3)12-10-17/h5-12,25H,4H2,1-3H3. The van der Waals surface area contributed by atoms with Crippen molar-refractivity contribution in [2.75, 3.05) is 19.1 Å². The van der Waals surface area contributed by atoms with Crippen LogP contribution in [0.3, 0.4) is 0 Å². The van der Waals surface area contributed by atoms with E-state index < -0.39 is 5.97 Å². The highest BCUT2D eigenvalue weighted by molar-refractivity contribution is 7.17. The van der Waals surface area contributed by atoms with E-state index in [2.05, 4.69) is 31.8 Å². The number of hydrogen-bond donors (Lipinski definition) is 1. The van der Waals surface area contributed by atoms with Gasteiger partial charge in [0, 0.05) is 5.56 Å². The molecular weight excluding hydrogens is 428 g/mol. The number of azo groups is 1. The van der Waals surface area contributed by atoms with Crippen molar-refractivity contribution in [3.05, 3.63) is 70.2 Å². The van der Waals surface area contributed by atoms with Crippen molar-refractivity contribution < 1.29 is 14.3 Å². The highest BCUT2D eigenvalue weighted by atomic mass is 32.1. The van der Waals surface area contributed by atoms with Gasteiger partial charge in [0.05, 0.1) is 36.7 Å². The number of hydrogen-bond acceptors (Lipinski definition) is 9. The highest BCUT2D eigenvalue weighted by Gasteiger charge is 2.16. The lowest BCUT2D eigenvalue weighted by Gasteiger charge is -2.04. The number of amidine groups is 1. The Kier molecular flexibility index (Phi) is 7.61. The number of carbonyl (C=O) groups excluding carboxylic acids is 1. The summed E-state index contributed by atoms with van der Waals surface area (Å²) >= 11 is 1.09. The second kappa shape index (κ2) is 10.8. The van der Waals surface area contributed by atoms with Crippen LogP contribution in [-0.2, 0) is 4.74 Å². The topological polar surface area (TPSA) is 121 Å². The van der Waals surface area contributed by atoms with E-state index in [0.717, 1.165) is 22.8 Å². The first-order chi connectivity index (χ1) is 15.5. The number of methoxy groups -OCH3 is 1. The molecule has 0 unspecified atom stereocenters. The van der Waals surface area contributed by atoms with Crippen molar-refractivity contribution in [1.29, 1.82) is 5.26 Å². The number of aryl methyl sites for hydroxylation is 1. The number of nitrogens with one attached hydrogen (secondary N) is 1. The van der Waals surface area contributed by atoms with Gasteiger partial charge in [-0.2, -0.15) is 10.4 Å². The molecular formula is C22H20N6O3S. The van der Waals surface area contributed by atoms with Crippen LogP contribution >= 0.6 is 11.3 Å². The summed E-state index contributed by atoms with van der Waals surface area (Å²) in [7, 11) is 1.59. The third-order valence-corrected chi connectivity index (χ3v) is 5.15. The van der Waals surface area contributed by atoms with Crippen LogP contribution in [0.1, 0.15) is 33.4 Å². The Labute approximate surface area is 189 Å². The van der Waals surface area contributed by atoms with Gasteiger partial charge in [0.15, 0.2) is 0 Å². The number of thiazole rings is 1.